The van der Waals surface area contributed by atoms with Gasteiger partial charge >= 0.3 is 0 Å². The summed E-state index contributed by atoms with van der Waals surface area (Å²) in [5, 5.41) is 0. The highest BCUT2D eigenvalue weighted by Crippen LogP contribution is 2.39. The van der Waals surface area contributed by atoms with Gasteiger partial charge in [-0.05, 0) is 37.1 Å². The van der Waals surface area contributed by atoms with Crippen molar-refractivity contribution in [3.8, 4) is 17.2 Å². The number of fused-ring (bicyclic) bond motifs is 2. The molecule has 1 aliphatic heterocycles. The zero-order valence-corrected chi connectivity index (χ0v) is 18.2. The van der Waals surface area contributed by atoms with Crippen LogP contribution in [0.15, 0.2) is 40.7 Å². The molecule has 2 aromatic carbocycles. The normalized spacial score (nSPS) is 13.0. The number of ether oxygens (including phenoxy) is 3. The fourth-order valence-electron chi connectivity index (χ4n) is 2.80. The molecular formula is C19H20N2O5S3. The Hall–Kier alpha value is -2.17. The number of anilines is 1. The van der Waals surface area contributed by atoms with E-state index in [0.717, 1.165) is 38.2 Å². The van der Waals surface area contributed by atoms with Crippen molar-refractivity contribution in [2.45, 2.75) is 17.2 Å². The Bertz CT molecular complexity index is 1060. The minimum absolute atomic E-state index is 0.0842. The molecule has 2 heterocycles. The monoisotopic (exact) mass is 452 g/mol. The lowest BCUT2D eigenvalue weighted by Crippen LogP contribution is -2.16. The van der Waals surface area contributed by atoms with Gasteiger partial charge in [0.15, 0.2) is 15.8 Å². The third-order valence-corrected chi connectivity index (χ3v) is 7.88. The highest BCUT2D eigenvalue weighted by atomic mass is 32.2. The van der Waals surface area contributed by atoms with E-state index in [-0.39, 0.29) is 12.5 Å². The second-order valence-corrected chi connectivity index (χ2v) is 10.6. The van der Waals surface area contributed by atoms with Crippen LogP contribution >= 0.6 is 23.1 Å². The molecule has 0 bridgehead atoms. The van der Waals surface area contributed by atoms with Gasteiger partial charge in [-0.2, -0.15) is 0 Å². The maximum Gasteiger partial charge on any atom is 0.232 e. The molecule has 1 N–H and O–H groups in total. The Labute approximate surface area is 177 Å². The molecule has 0 fully saturated rings. The van der Waals surface area contributed by atoms with Crippen molar-refractivity contribution in [1.82, 2.24) is 4.98 Å². The van der Waals surface area contributed by atoms with Gasteiger partial charge in [-0.1, -0.05) is 11.8 Å². The van der Waals surface area contributed by atoms with Crippen molar-refractivity contribution in [2.24, 2.45) is 0 Å². The molecule has 3 aromatic rings. The minimum Gasteiger partial charge on any atom is -0.497 e. The van der Waals surface area contributed by atoms with Crippen molar-refractivity contribution in [3.63, 3.8) is 0 Å². The molecule has 0 unspecified atom stereocenters. The molecule has 0 saturated heterocycles. The molecule has 0 aliphatic carbocycles. The van der Waals surface area contributed by atoms with Gasteiger partial charge in [0.25, 0.3) is 0 Å². The molecule has 1 aliphatic rings. The van der Waals surface area contributed by atoms with E-state index in [1.165, 1.54) is 0 Å². The lowest BCUT2D eigenvalue weighted by Gasteiger charge is -2.08. The molecule has 4 rings (SSSR count). The summed E-state index contributed by atoms with van der Waals surface area (Å²) in [5.41, 5.74) is 1.43. The quantitative estimate of drug-likeness (QED) is 0.381. The highest BCUT2D eigenvalue weighted by molar-refractivity contribution is 8.01. The SMILES string of the molecule is COc1ccc(NS(=O)(=O)CCCCSc2nc3cc4c(cc3s2)OCO4)cc1. The Morgan fingerprint density at radius 2 is 1.93 bits per heavy atom. The number of hydrogen-bond acceptors (Lipinski definition) is 8. The lowest BCUT2D eigenvalue weighted by molar-refractivity contribution is 0.174. The summed E-state index contributed by atoms with van der Waals surface area (Å²) in [4.78, 5) is 4.61. The van der Waals surface area contributed by atoms with Gasteiger partial charge in [-0.25, -0.2) is 13.4 Å². The summed E-state index contributed by atoms with van der Waals surface area (Å²) < 4.78 is 44.9. The van der Waals surface area contributed by atoms with E-state index in [9.17, 15) is 8.42 Å². The van der Waals surface area contributed by atoms with Crippen molar-refractivity contribution in [3.05, 3.63) is 36.4 Å². The molecule has 10 heteroatoms. The van der Waals surface area contributed by atoms with E-state index in [2.05, 4.69) is 9.71 Å². The van der Waals surface area contributed by atoms with Crippen molar-refractivity contribution >= 4 is 49.0 Å². The summed E-state index contributed by atoms with van der Waals surface area (Å²) in [6.07, 6.45) is 1.37. The fourth-order valence-corrected chi connectivity index (χ4v) is 6.13. The zero-order chi connectivity index (χ0) is 20.3. The van der Waals surface area contributed by atoms with Crippen LogP contribution in [0.2, 0.25) is 0 Å². The van der Waals surface area contributed by atoms with Gasteiger partial charge in [-0.3, -0.25) is 4.72 Å². The number of methoxy groups -OCH3 is 1. The van der Waals surface area contributed by atoms with Crippen LogP contribution in [-0.2, 0) is 10.0 Å². The predicted molar refractivity (Wildman–Crippen MR) is 116 cm³/mol. The van der Waals surface area contributed by atoms with E-state index < -0.39 is 10.0 Å². The average molecular weight is 453 g/mol. The van der Waals surface area contributed by atoms with Gasteiger partial charge in [0.05, 0.1) is 23.1 Å². The minimum atomic E-state index is -3.37. The first kappa shape index (κ1) is 20.1. The van der Waals surface area contributed by atoms with Crippen LogP contribution in [0.5, 0.6) is 17.2 Å². The van der Waals surface area contributed by atoms with Crippen molar-refractivity contribution in [2.75, 3.05) is 30.1 Å². The van der Waals surface area contributed by atoms with Crippen LogP contribution in [0.4, 0.5) is 5.69 Å². The van der Waals surface area contributed by atoms with Gasteiger partial charge in [-0.15, -0.1) is 11.3 Å². The maximum absolute atomic E-state index is 12.2. The number of nitrogens with zero attached hydrogens (tertiary/aromatic N) is 1. The number of rotatable bonds is 9. The first-order chi connectivity index (χ1) is 14.0. The maximum atomic E-state index is 12.2. The Kier molecular flexibility index (Phi) is 6.02. The number of sulfonamides is 1. The van der Waals surface area contributed by atoms with Gasteiger partial charge < -0.3 is 14.2 Å². The van der Waals surface area contributed by atoms with Crippen LogP contribution in [0, 0.1) is 0 Å². The molecule has 0 amide bonds. The van der Waals surface area contributed by atoms with Gasteiger partial charge in [0, 0.05) is 23.6 Å². The zero-order valence-electron chi connectivity index (χ0n) is 15.7. The number of hydrogen-bond donors (Lipinski definition) is 1. The van der Waals surface area contributed by atoms with Crippen LogP contribution in [0.25, 0.3) is 10.2 Å². The smallest absolute Gasteiger partial charge is 0.232 e. The Balaban J connectivity index is 1.23. The molecule has 7 nitrogen and oxygen atoms in total. The second kappa shape index (κ2) is 8.68. The van der Waals surface area contributed by atoms with Crippen molar-refractivity contribution in [1.29, 1.82) is 0 Å². The number of nitrogens with one attached hydrogen (secondary N) is 1. The summed E-state index contributed by atoms with van der Waals surface area (Å²) >= 11 is 3.25. The highest BCUT2D eigenvalue weighted by Gasteiger charge is 2.17. The topological polar surface area (TPSA) is 86.8 Å². The molecular weight excluding hydrogens is 432 g/mol. The molecule has 0 atom stereocenters. The molecule has 0 spiro atoms. The third-order valence-electron chi connectivity index (χ3n) is 4.26. The fraction of sp³-hybridized carbons (Fsp3) is 0.316. The number of benzene rings is 2. The summed E-state index contributed by atoms with van der Waals surface area (Å²) in [7, 11) is -1.80. The molecule has 154 valence electrons. The van der Waals surface area contributed by atoms with Gasteiger partial charge in [0.2, 0.25) is 16.8 Å². The van der Waals surface area contributed by atoms with E-state index in [4.69, 9.17) is 14.2 Å². The third kappa shape index (κ3) is 5.06. The average Bonchev–Trinajstić information content (AvgIpc) is 3.31. The van der Waals surface area contributed by atoms with Gasteiger partial charge in [0.1, 0.15) is 5.75 Å². The standard InChI is InChI=1S/C19H20N2O5S3/c1-24-14-6-4-13(5-7-14)21-29(22,23)9-3-2-8-27-19-20-15-10-16-17(26-12-25-16)11-18(15)28-19/h4-7,10-11,21H,2-3,8-9,12H2,1H3. The Morgan fingerprint density at radius 1 is 1.17 bits per heavy atom. The first-order valence-corrected chi connectivity index (χ1v) is 12.5. The summed E-state index contributed by atoms with van der Waals surface area (Å²) in [5.74, 6) is 3.07. The molecule has 0 radical (unpaired) electrons. The van der Waals surface area contributed by atoms with Crippen LogP contribution in [0.3, 0.4) is 0 Å². The lowest BCUT2D eigenvalue weighted by atomic mass is 10.3. The second-order valence-electron chi connectivity index (χ2n) is 6.36. The number of thiazole rings is 1. The summed E-state index contributed by atoms with van der Waals surface area (Å²) in [6.45, 7) is 0.254. The number of aromatic nitrogens is 1. The number of unbranched alkanes of at least 4 members (excludes halogenated alkanes) is 1. The number of thioether (sulfide) groups is 1. The van der Waals surface area contributed by atoms with E-state index >= 15 is 0 Å². The predicted octanol–water partition coefficient (Wildman–Crippen LogP) is 4.35. The largest absolute Gasteiger partial charge is 0.497 e. The van der Waals surface area contributed by atoms with Crippen molar-refractivity contribution < 1.29 is 22.6 Å². The van der Waals surface area contributed by atoms with E-state index in [0.29, 0.717) is 17.9 Å². The van der Waals surface area contributed by atoms with Crippen LogP contribution in [0.1, 0.15) is 12.8 Å². The van der Waals surface area contributed by atoms with Crippen LogP contribution in [-0.4, -0.2) is 38.8 Å². The molecule has 1 aromatic heterocycles. The molecule has 0 saturated carbocycles. The first-order valence-electron chi connectivity index (χ1n) is 9.00. The Morgan fingerprint density at radius 3 is 2.69 bits per heavy atom. The van der Waals surface area contributed by atoms with Crippen LogP contribution < -0.4 is 18.9 Å². The van der Waals surface area contributed by atoms with E-state index in [1.54, 1.807) is 54.5 Å². The molecule has 29 heavy (non-hydrogen) atoms. The summed E-state index contributed by atoms with van der Waals surface area (Å²) in [6, 6.07) is 10.7. The van der Waals surface area contributed by atoms with E-state index in [1.807, 2.05) is 12.1 Å².